The third kappa shape index (κ3) is 5.11. The third-order valence-electron chi connectivity index (χ3n) is 2.36. The molecule has 0 unspecified atom stereocenters. The Labute approximate surface area is 113 Å². The van der Waals surface area contributed by atoms with Gasteiger partial charge in [-0.05, 0) is 19.5 Å². The number of nitrogens with one attached hydrogen (secondary N) is 1. The van der Waals surface area contributed by atoms with Crippen molar-refractivity contribution in [3.8, 4) is 5.88 Å². The molecule has 0 fully saturated rings. The van der Waals surface area contributed by atoms with Gasteiger partial charge in [0.15, 0.2) is 0 Å². The molecule has 0 aliphatic heterocycles. The molecule has 1 rings (SSSR count). The van der Waals surface area contributed by atoms with Crippen LogP contribution < -0.4 is 10.1 Å². The number of nitrogens with zero attached hydrogens (tertiary/aromatic N) is 2. The third-order valence-corrected chi connectivity index (χ3v) is 2.36. The summed E-state index contributed by atoms with van der Waals surface area (Å²) in [5.41, 5.74) is 1.90. The fraction of sp³-hybridized carbons (Fsp3) is 0.357. The van der Waals surface area contributed by atoms with Crippen LogP contribution in [0, 0.1) is 0 Å². The molecular formula is C14H21N3O2. The summed E-state index contributed by atoms with van der Waals surface area (Å²) >= 11 is 0. The molecule has 0 spiro atoms. The number of allylic oxidation sites excluding steroid dienone is 4. The average molecular weight is 263 g/mol. The van der Waals surface area contributed by atoms with Crippen molar-refractivity contribution in [2.45, 2.75) is 20.2 Å². The van der Waals surface area contributed by atoms with Gasteiger partial charge in [0.05, 0.1) is 5.69 Å². The molecule has 0 saturated carbocycles. The number of hydrogen-bond acceptors (Lipinski definition) is 4. The van der Waals surface area contributed by atoms with Gasteiger partial charge in [-0.1, -0.05) is 30.9 Å². The van der Waals surface area contributed by atoms with E-state index in [0.717, 1.165) is 11.3 Å². The number of aliphatic hydroxyl groups excluding tert-OH is 1. The largest absolute Gasteiger partial charge is 0.473 e. The van der Waals surface area contributed by atoms with E-state index in [1.54, 1.807) is 6.08 Å². The monoisotopic (exact) mass is 263 g/mol. The van der Waals surface area contributed by atoms with Gasteiger partial charge < -0.3 is 15.2 Å². The molecule has 1 aromatic heterocycles. The lowest BCUT2D eigenvalue weighted by Crippen LogP contribution is -2.08. The number of rotatable bonds is 8. The van der Waals surface area contributed by atoms with E-state index in [2.05, 4.69) is 17.0 Å². The second-order valence-electron chi connectivity index (χ2n) is 4.07. The quantitative estimate of drug-likeness (QED) is 0.700. The van der Waals surface area contributed by atoms with Crippen LogP contribution >= 0.6 is 0 Å². The minimum atomic E-state index is -0.196. The molecule has 0 saturated heterocycles. The van der Waals surface area contributed by atoms with E-state index in [1.807, 2.05) is 38.3 Å². The van der Waals surface area contributed by atoms with Gasteiger partial charge in [0, 0.05) is 12.6 Å². The second kappa shape index (κ2) is 8.29. The zero-order valence-corrected chi connectivity index (χ0v) is 11.5. The normalized spacial score (nSPS) is 12.1. The van der Waals surface area contributed by atoms with Crippen molar-refractivity contribution in [2.24, 2.45) is 0 Å². The lowest BCUT2D eigenvalue weighted by molar-refractivity contribution is 0.173. The molecule has 0 amide bonds. The summed E-state index contributed by atoms with van der Waals surface area (Å²) in [6, 6.07) is 1.82. The molecule has 104 valence electrons. The predicted molar refractivity (Wildman–Crippen MR) is 75.8 cm³/mol. The van der Waals surface area contributed by atoms with Crippen LogP contribution in [0.3, 0.4) is 0 Å². The van der Waals surface area contributed by atoms with Crippen LogP contribution in [0.2, 0.25) is 0 Å². The van der Waals surface area contributed by atoms with Crippen molar-refractivity contribution < 1.29 is 9.84 Å². The number of ether oxygens (including phenoxy) is 1. The molecule has 19 heavy (non-hydrogen) atoms. The van der Waals surface area contributed by atoms with Crippen molar-refractivity contribution in [3.05, 3.63) is 48.2 Å². The van der Waals surface area contributed by atoms with E-state index in [9.17, 15) is 5.11 Å². The van der Waals surface area contributed by atoms with Crippen LogP contribution in [0.1, 0.15) is 12.6 Å². The molecule has 5 heteroatoms. The minimum absolute atomic E-state index is 0.196. The van der Waals surface area contributed by atoms with Gasteiger partial charge in [-0.15, -0.1) is 0 Å². The van der Waals surface area contributed by atoms with Gasteiger partial charge >= 0.3 is 0 Å². The minimum Gasteiger partial charge on any atom is -0.473 e. The maximum absolute atomic E-state index is 9.20. The molecular weight excluding hydrogens is 242 g/mol. The standard InChI is InChI=1S/C14H21N3O2/c1-4-5-6-7-12(2)10-19-14-8-13(9-15-3)16-17(14)11-18/h4-8,15,18H,1,9-11H2,2-3H3/b6-5-,12-7+. The van der Waals surface area contributed by atoms with E-state index in [4.69, 9.17) is 4.74 Å². The SMILES string of the molecule is C=C/C=C\C=C(/C)COc1cc(CNC)nn1CO. The van der Waals surface area contributed by atoms with Crippen molar-refractivity contribution in [3.63, 3.8) is 0 Å². The highest BCUT2D eigenvalue weighted by molar-refractivity contribution is 5.19. The lowest BCUT2D eigenvalue weighted by Gasteiger charge is -2.06. The van der Waals surface area contributed by atoms with Crippen LogP contribution in [0.5, 0.6) is 5.88 Å². The topological polar surface area (TPSA) is 59.3 Å². The van der Waals surface area contributed by atoms with Crippen LogP contribution in [0.4, 0.5) is 0 Å². The molecule has 0 atom stereocenters. The first kappa shape index (κ1) is 15.2. The maximum Gasteiger partial charge on any atom is 0.214 e. The molecule has 0 bridgehead atoms. The Hall–Kier alpha value is -1.85. The Kier molecular flexibility index (Phi) is 6.63. The molecule has 5 nitrogen and oxygen atoms in total. The molecule has 1 aromatic rings. The Morgan fingerprint density at radius 3 is 3.00 bits per heavy atom. The Morgan fingerprint density at radius 2 is 2.37 bits per heavy atom. The fourth-order valence-electron chi connectivity index (χ4n) is 1.47. The van der Waals surface area contributed by atoms with E-state index in [0.29, 0.717) is 19.0 Å². The van der Waals surface area contributed by atoms with Crippen molar-refractivity contribution in [2.75, 3.05) is 13.7 Å². The van der Waals surface area contributed by atoms with E-state index < -0.39 is 0 Å². The first-order valence-corrected chi connectivity index (χ1v) is 6.11. The van der Waals surface area contributed by atoms with Gasteiger partial charge in [-0.3, -0.25) is 0 Å². The molecule has 0 aliphatic carbocycles. The summed E-state index contributed by atoms with van der Waals surface area (Å²) in [6.45, 7) is 6.47. The average Bonchev–Trinajstić information content (AvgIpc) is 2.79. The number of aliphatic hydroxyl groups is 1. The fourth-order valence-corrected chi connectivity index (χ4v) is 1.47. The highest BCUT2D eigenvalue weighted by atomic mass is 16.5. The number of hydrogen-bond donors (Lipinski definition) is 2. The van der Waals surface area contributed by atoms with E-state index in [1.165, 1.54) is 4.68 Å². The second-order valence-corrected chi connectivity index (χ2v) is 4.07. The molecule has 0 radical (unpaired) electrons. The summed E-state index contributed by atoms with van der Waals surface area (Å²) in [5, 5.41) is 16.4. The first-order valence-electron chi connectivity index (χ1n) is 6.11. The van der Waals surface area contributed by atoms with Gasteiger partial charge in [0.1, 0.15) is 13.3 Å². The zero-order valence-electron chi connectivity index (χ0n) is 11.5. The van der Waals surface area contributed by atoms with E-state index >= 15 is 0 Å². The summed E-state index contributed by atoms with van der Waals surface area (Å²) < 4.78 is 7.06. The molecule has 0 aromatic carbocycles. The van der Waals surface area contributed by atoms with Gasteiger partial charge in [0.25, 0.3) is 0 Å². The summed E-state index contributed by atoms with van der Waals surface area (Å²) in [7, 11) is 1.84. The van der Waals surface area contributed by atoms with Crippen LogP contribution in [0.15, 0.2) is 42.5 Å². The van der Waals surface area contributed by atoms with Crippen molar-refractivity contribution >= 4 is 0 Å². The maximum atomic E-state index is 9.20. The molecule has 2 N–H and O–H groups in total. The van der Waals surface area contributed by atoms with Crippen LogP contribution in [-0.2, 0) is 13.3 Å². The number of aromatic nitrogens is 2. The lowest BCUT2D eigenvalue weighted by atomic mass is 10.3. The predicted octanol–water partition coefficient (Wildman–Crippen LogP) is 1.62. The molecule has 1 heterocycles. The van der Waals surface area contributed by atoms with Gasteiger partial charge in [-0.25, -0.2) is 4.68 Å². The van der Waals surface area contributed by atoms with Gasteiger partial charge in [0.2, 0.25) is 5.88 Å². The molecule has 0 aliphatic rings. The van der Waals surface area contributed by atoms with Crippen LogP contribution in [0.25, 0.3) is 0 Å². The van der Waals surface area contributed by atoms with Gasteiger partial charge in [-0.2, -0.15) is 5.10 Å². The zero-order chi connectivity index (χ0) is 14.1. The highest BCUT2D eigenvalue weighted by Gasteiger charge is 2.07. The van der Waals surface area contributed by atoms with E-state index in [-0.39, 0.29) is 6.73 Å². The van der Waals surface area contributed by atoms with Crippen LogP contribution in [-0.4, -0.2) is 28.5 Å². The van der Waals surface area contributed by atoms with Crippen molar-refractivity contribution in [1.82, 2.24) is 15.1 Å². The highest BCUT2D eigenvalue weighted by Crippen LogP contribution is 2.14. The first-order chi connectivity index (χ1) is 9.21. The van der Waals surface area contributed by atoms with Crippen molar-refractivity contribution in [1.29, 1.82) is 0 Å². The smallest absolute Gasteiger partial charge is 0.214 e. The summed E-state index contributed by atoms with van der Waals surface area (Å²) in [4.78, 5) is 0. The Bertz CT molecular complexity index is 461. The Morgan fingerprint density at radius 1 is 1.58 bits per heavy atom. The summed E-state index contributed by atoms with van der Waals surface area (Å²) in [5.74, 6) is 0.563. The summed E-state index contributed by atoms with van der Waals surface area (Å²) in [6.07, 6.45) is 7.43. The Balaban J connectivity index is 2.63.